The van der Waals surface area contributed by atoms with Crippen LogP contribution in [0.3, 0.4) is 0 Å². The molecule has 1 aromatic carbocycles. The molecule has 1 N–H and O–H groups in total. The van der Waals surface area contributed by atoms with Gasteiger partial charge >= 0.3 is 0 Å². The van der Waals surface area contributed by atoms with Crippen LogP contribution in [0.1, 0.15) is 11.3 Å². The molecule has 3 nitrogen and oxygen atoms in total. The van der Waals surface area contributed by atoms with Gasteiger partial charge in [0.1, 0.15) is 12.4 Å². The molecule has 5 heteroatoms. The molecule has 0 saturated carbocycles. The first-order valence-electron chi connectivity index (χ1n) is 6.41. The number of benzene rings is 1. The lowest BCUT2D eigenvalue weighted by molar-refractivity contribution is -0.121. The van der Waals surface area contributed by atoms with Crippen molar-refractivity contribution in [2.75, 3.05) is 13.2 Å². The smallest absolute Gasteiger partial charge is 0.220 e. The molecule has 20 heavy (non-hydrogen) atoms. The minimum Gasteiger partial charge on any atom is -0.492 e. The molecule has 0 aliphatic carbocycles. The van der Waals surface area contributed by atoms with Gasteiger partial charge in [0.15, 0.2) is 0 Å². The Bertz CT molecular complexity index is 525. The van der Waals surface area contributed by atoms with E-state index in [-0.39, 0.29) is 5.91 Å². The Morgan fingerprint density at radius 3 is 2.75 bits per heavy atom. The summed E-state index contributed by atoms with van der Waals surface area (Å²) in [4.78, 5) is 12.8. The van der Waals surface area contributed by atoms with Crippen molar-refractivity contribution in [3.63, 3.8) is 0 Å². The van der Waals surface area contributed by atoms with Gasteiger partial charge in [0.05, 0.1) is 6.54 Å². The van der Waals surface area contributed by atoms with Gasteiger partial charge in [-0.3, -0.25) is 4.79 Å². The highest BCUT2D eigenvalue weighted by Gasteiger charge is 2.02. The van der Waals surface area contributed by atoms with Crippen molar-refractivity contribution < 1.29 is 9.53 Å². The van der Waals surface area contributed by atoms with Crippen LogP contribution in [-0.2, 0) is 11.2 Å². The van der Waals surface area contributed by atoms with E-state index in [4.69, 9.17) is 16.3 Å². The molecule has 1 heterocycles. The lowest BCUT2D eigenvalue weighted by atomic mass is 10.2. The minimum absolute atomic E-state index is 0.0538. The van der Waals surface area contributed by atoms with Gasteiger partial charge in [0.25, 0.3) is 0 Å². The minimum atomic E-state index is 0.0538. The van der Waals surface area contributed by atoms with Crippen LogP contribution in [0.5, 0.6) is 5.75 Å². The summed E-state index contributed by atoms with van der Waals surface area (Å²) < 4.78 is 5.49. The summed E-state index contributed by atoms with van der Waals surface area (Å²) in [6.45, 7) is 0.957. The van der Waals surface area contributed by atoms with Crippen molar-refractivity contribution in [3.8, 4) is 5.75 Å². The molecule has 0 spiro atoms. The molecular formula is C15H16ClNO2S. The molecular weight excluding hydrogens is 294 g/mol. The quantitative estimate of drug-likeness (QED) is 0.795. The molecule has 2 rings (SSSR count). The fourth-order valence-electron chi connectivity index (χ4n) is 1.67. The van der Waals surface area contributed by atoms with Crippen molar-refractivity contribution >= 4 is 28.8 Å². The van der Waals surface area contributed by atoms with E-state index in [0.717, 1.165) is 12.2 Å². The fraction of sp³-hybridized carbons (Fsp3) is 0.267. The normalized spacial score (nSPS) is 10.2. The van der Waals surface area contributed by atoms with Gasteiger partial charge in [-0.1, -0.05) is 17.7 Å². The summed E-state index contributed by atoms with van der Waals surface area (Å²) in [6, 6.07) is 11.2. The maximum atomic E-state index is 11.6. The highest BCUT2D eigenvalue weighted by molar-refractivity contribution is 7.09. The summed E-state index contributed by atoms with van der Waals surface area (Å²) in [5, 5.41) is 5.54. The predicted molar refractivity (Wildman–Crippen MR) is 82.6 cm³/mol. The molecule has 0 aliphatic rings. The number of halogens is 1. The topological polar surface area (TPSA) is 38.3 Å². The van der Waals surface area contributed by atoms with Crippen LogP contribution in [0.15, 0.2) is 41.8 Å². The number of rotatable bonds is 7. The second-order valence-corrected chi connectivity index (χ2v) is 5.70. The first kappa shape index (κ1) is 14.9. The van der Waals surface area contributed by atoms with Crippen molar-refractivity contribution in [3.05, 3.63) is 51.7 Å². The molecule has 0 fully saturated rings. The van der Waals surface area contributed by atoms with Gasteiger partial charge in [-0.05, 0) is 42.1 Å². The zero-order valence-electron chi connectivity index (χ0n) is 11.0. The second kappa shape index (κ2) is 7.92. The number of nitrogens with one attached hydrogen (secondary N) is 1. The number of aryl methyl sites for hydroxylation is 1. The first-order chi connectivity index (χ1) is 9.74. The molecule has 0 atom stereocenters. The summed E-state index contributed by atoms with van der Waals surface area (Å²) in [6.07, 6.45) is 1.31. The third-order valence-corrected chi connectivity index (χ3v) is 3.87. The Morgan fingerprint density at radius 1 is 1.25 bits per heavy atom. The van der Waals surface area contributed by atoms with E-state index in [2.05, 4.69) is 5.32 Å². The molecule has 0 saturated heterocycles. The third-order valence-electron chi connectivity index (χ3n) is 2.69. The van der Waals surface area contributed by atoms with Gasteiger partial charge < -0.3 is 10.1 Å². The second-order valence-electron chi connectivity index (χ2n) is 4.23. The number of hydrogen-bond acceptors (Lipinski definition) is 3. The Hall–Kier alpha value is -1.52. The van der Waals surface area contributed by atoms with Gasteiger partial charge in [-0.15, -0.1) is 11.3 Å². The molecule has 1 amide bonds. The summed E-state index contributed by atoms with van der Waals surface area (Å²) in [5.74, 6) is 0.806. The van der Waals surface area contributed by atoms with Gasteiger partial charge in [-0.25, -0.2) is 0 Å². The van der Waals surface area contributed by atoms with E-state index in [0.29, 0.717) is 24.6 Å². The van der Waals surface area contributed by atoms with Crippen molar-refractivity contribution in [1.82, 2.24) is 5.32 Å². The van der Waals surface area contributed by atoms with E-state index >= 15 is 0 Å². The van der Waals surface area contributed by atoms with Gasteiger partial charge in [0, 0.05) is 16.3 Å². The number of carbonyl (C=O) groups excluding carboxylic acids is 1. The van der Waals surface area contributed by atoms with Crippen molar-refractivity contribution in [2.24, 2.45) is 0 Å². The monoisotopic (exact) mass is 309 g/mol. The van der Waals surface area contributed by atoms with Crippen LogP contribution in [0.25, 0.3) is 0 Å². The summed E-state index contributed by atoms with van der Waals surface area (Å²) in [5.41, 5.74) is 0. The third kappa shape index (κ3) is 5.23. The molecule has 0 radical (unpaired) electrons. The predicted octanol–water partition coefficient (Wildman–Crippen LogP) is 3.53. The largest absolute Gasteiger partial charge is 0.492 e. The van der Waals surface area contributed by atoms with Crippen LogP contribution in [-0.4, -0.2) is 19.1 Å². The standard InChI is InChI=1S/C15H16ClNO2S/c16-12-3-5-13(6-4-12)19-10-9-17-15(18)8-7-14-2-1-11-20-14/h1-6,11H,7-10H2,(H,17,18). The van der Waals surface area contributed by atoms with Gasteiger partial charge in [0.2, 0.25) is 5.91 Å². The average molecular weight is 310 g/mol. The Balaban J connectivity index is 1.58. The van der Waals surface area contributed by atoms with Crippen LogP contribution in [0.2, 0.25) is 5.02 Å². The summed E-state index contributed by atoms with van der Waals surface area (Å²) >= 11 is 7.46. The highest BCUT2D eigenvalue weighted by Crippen LogP contribution is 2.15. The van der Waals surface area contributed by atoms with E-state index in [1.807, 2.05) is 17.5 Å². The molecule has 0 aliphatic heterocycles. The number of thiophene rings is 1. The van der Waals surface area contributed by atoms with E-state index in [9.17, 15) is 4.79 Å². The SMILES string of the molecule is O=C(CCc1cccs1)NCCOc1ccc(Cl)cc1. The maximum Gasteiger partial charge on any atom is 0.220 e. The number of ether oxygens (including phenoxy) is 1. The van der Waals surface area contributed by atoms with Gasteiger partial charge in [-0.2, -0.15) is 0 Å². The lowest BCUT2D eigenvalue weighted by Crippen LogP contribution is -2.28. The highest BCUT2D eigenvalue weighted by atomic mass is 35.5. The molecule has 0 unspecified atom stereocenters. The van der Waals surface area contributed by atoms with E-state index in [1.54, 1.807) is 35.6 Å². The average Bonchev–Trinajstić information content (AvgIpc) is 2.96. The first-order valence-corrected chi connectivity index (χ1v) is 7.67. The zero-order valence-corrected chi connectivity index (χ0v) is 12.5. The maximum absolute atomic E-state index is 11.6. The fourth-order valence-corrected chi connectivity index (χ4v) is 2.51. The van der Waals surface area contributed by atoms with Crippen molar-refractivity contribution in [2.45, 2.75) is 12.8 Å². The lowest BCUT2D eigenvalue weighted by Gasteiger charge is -2.07. The van der Waals surface area contributed by atoms with E-state index in [1.165, 1.54) is 4.88 Å². The number of carbonyl (C=O) groups is 1. The van der Waals surface area contributed by atoms with Crippen LogP contribution in [0, 0.1) is 0 Å². The molecule has 1 aromatic heterocycles. The van der Waals surface area contributed by atoms with Crippen LogP contribution < -0.4 is 10.1 Å². The van der Waals surface area contributed by atoms with Crippen molar-refractivity contribution in [1.29, 1.82) is 0 Å². The molecule has 2 aromatic rings. The number of amides is 1. The number of hydrogen-bond donors (Lipinski definition) is 1. The zero-order chi connectivity index (χ0) is 14.2. The van der Waals surface area contributed by atoms with Crippen LogP contribution >= 0.6 is 22.9 Å². The Kier molecular flexibility index (Phi) is 5.89. The Morgan fingerprint density at radius 2 is 2.05 bits per heavy atom. The van der Waals surface area contributed by atoms with Crippen LogP contribution in [0.4, 0.5) is 0 Å². The molecule has 0 bridgehead atoms. The molecule has 106 valence electrons. The van der Waals surface area contributed by atoms with E-state index < -0.39 is 0 Å². The summed E-state index contributed by atoms with van der Waals surface area (Å²) in [7, 11) is 0. The Labute approximate surface area is 127 Å².